The largest absolute Gasteiger partial charge is 0.376 e. The number of benzene rings is 1. The topological polar surface area (TPSA) is 66.5 Å². The lowest BCUT2D eigenvalue weighted by atomic mass is 10.3. The van der Waals surface area contributed by atoms with Gasteiger partial charge in [-0.3, -0.25) is 4.79 Å². The van der Waals surface area contributed by atoms with E-state index in [4.69, 9.17) is 0 Å². The molecule has 106 valence electrons. The molecule has 1 aromatic carbocycles. The number of rotatable bonds is 5. The molecule has 0 atom stereocenters. The molecule has 0 fully saturated rings. The van der Waals surface area contributed by atoms with Crippen LogP contribution in [0.4, 0.5) is 14.5 Å². The Hall–Kier alpha value is -1.70. The van der Waals surface area contributed by atoms with Crippen LogP contribution in [0.3, 0.4) is 0 Å². The molecule has 0 aliphatic carbocycles. The number of likely N-dealkylation sites (N-methyl/N-ethyl adjacent to an activating group) is 1. The van der Waals surface area contributed by atoms with Gasteiger partial charge < -0.3 is 10.2 Å². The lowest BCUT2D eigenvalue weighted by molar-refractivity contribution is -0.126. The molecule has 1 rings (SSSR count). The first-order valence-electron chi connectivity index (χ1n) is 5.31. The van der Waals surface area contributed by atoms with Crippen LogP contribution >= 0.6 is 0 Å². The molecule has 1 amide bonds. The minimum atomic E-state index is -4.57. The summed E-state index contributed by atoms with van der Waals surface area (Å²) in [7, 11) is -1.38. The van der Waals surface area contributed by atoms with Crippen molar-refractivity contribution in [2.75, 3.05) is 26.0 Å². The Morgan fingerprint density at radius 1 is 1.26 bits per heavy atom. The van der Waals surface area contributed by atoms with E-state index in [1.54, 1.807) is 14.1 Å². The molecule has 5 nitrogen and oxygen atoms in total. The Kier molecular flexibility index (Phi) is 4.82. The molecule has 0 aliphatic rings. The van der Waals surface area contributed by atoms with E-state index in [2.05, 4.69) is 5.32 Å². The van der Waals surface area contributed by atoms with E-state index in [1.807, 2.05) is 0 Å². The van der Waals surface area contributed by atoms with Gasteiger partial charge >= 0.3 is 5.76 Å². The summed E-state index contributed by atoms with van der Waals surface area (Å²) >= 11 is 0. The third-order valence-corrected chi connectivity index (χ3v) is 3.76. The second-order valence-corrected chi connectivity index (χ2v) is 5.89. The van der Waals surface area contributed by atoms with Crippen molar-refractivity contribution in [1.29, 1.82) is 0 Å². The maximum absolute atomic E-state index is 12.3. The minimum Gasteiger partial charge on any atom is -0.376 e. The van der Waals surface area contributed by atoms with Crippen LogP contribution in [0.25, 0.3) is 0 Å². The van der Waals surface area contributed by atoms with Crippen LogP contribution in [-0.2, 0) is 14.6 Å². The molecule has 0 saturated carbocycles. The summed E-state index contributed by atoms with van der Waals surface area (Å²) in [4.78, 5) is 12.2. The predicted octanol–water partition coefficient (Wildman–Crippen LogP) is 1.18. The lowest BCUT2D eigenvalue weighted by Crippen LogP contribution is -2.28. The van der Waals surface area contributed by atoms with Gasteiger partial charge in [-0.15, -0.1) is 0 Å². The molecule has 19 heavy (non-hydrogen) atoms. The van der Waals surface area contributed by atoms with Gasteiger partial charge in [-0.25, -0.2) is 8.42 Å². The molecule has 0 aromatic heterocycles. The molecule has 0 spiro atoms. The highest BCUT2D eigenvalue weighted by molar-refractivity contribution is 7.91. The molecule has 0 radical (unpaired) electrons. The fourth-order valence-electron chi connectivity index (χ4n) is 1.20. The van der Waals surface area contributed by atoms with E-state index in [1.165, 1.54) is 17.0 Å². The fourth-order valence-corrected chi connectivity index (χ4v) is 1.92. The number of amides is 1. The van der Waals surface area contributed by atoms with Gasteiger partial charge in [0.15, 0.2) is 0 Å². The first-order chi connectivity index (χ1) is 8.75. The van der Waals surface area contributed by atoms with E-state index in [9.17, 15) is 22.0 Å². The van der Waals surface area contributed by atoms with E-state index in [-0.39, 0.29) is 12.5 Å². The zero-order chi connectivity index (χ0) is 14.6. The maximum Gasteiger partial charge on any atom is 0.341 e. The lowest BCUT2D eigenvalue weighted by Gasteiger charge is -2.12. The number of hydrogen-bond donors (Lipinski definition) is 1. The Morgan fingerprint density at radius 3 is 2.21 bits per heavy atom. The Morgan fingerprint density at radius 2 is 1.79 bits per heavy atom. The maximum atomic E-state index is 12.3. The standard InChI is InChI=1S/C11H14F2N2O3S/c1-15(2)10(16)7-14-8-3-5-9(6-4-8)19(17,18)11(12)13/h3-6,11,14H,7H2,1-2H3. The fraction of sp³-hybridized carbons (Fsp3) is 0.364. The van der Waals surface area contributed by atoms with Crippen LogP contribution in [0.5, 0.6) is 0 Å². The molecule has 8 heteroatoms. The molecule has 1 N–H and O–H groups in total. The predicted molar refractivity (Wildman–Crippen MR) is 66.8 cm³/mol. The van der Waals surface area contributed by atoms with Crippen LogP contribution in [-0.4, -0.2) is 45.6 Å². The highest BCUT2D eigenvalue weighted by Crippen LogP contribution is 2.20. The number of carbonyl (C=O) groups is 1. The van der Waals surface area contributed by atoms with E-state index in [0.29, 0.717) is 5.69 Å². The molecule has 0 bridgehead atoms. The molecule has 0 aliphatic heterocycles. The van der Waals surface area contributed by atoms with Gasteiger partial charge in [0.1, 0.15) is 0 Å². The number of nitrogens with one attached hydrogen (secondary N) is 1. The number of hydrogen-bond acceptors (Lipinski definition) is 4. The van der Waals surface area contributed by atoms with Gasteiger partial charge in [0.2, 0.25) is 15.7 Å². The van der Waals surface area contributed by atoms with Crippen LogP contribution in [0.15, 0.2) is 29.2 Å². The summed E-state index contributed by atoms with van der Waals surface area (Å²) in [5.41, 5.74) is 0.475. The quantitative estimate of drug-likeness (QED) is 0.885. The van der Waals surface area contributed by atoms with Gasteiger partial charge in [-0.05, 0) is 24.3 Å². The molecule has 0 unspecified atom stereocenters. The van der Waals surface area contributed by atoms with Crippen molar-refractivity contribution >= 4 is 21.4 Å². The summed E-state index contributed by atoms with van der Waals surface area (Å²) in [6, 6.07) is 4.81. The van der Waals surface area contributed by atoms with Crippen molar-refractivity contribution in [3.8, 4) is 0 Å². The second kappa shape index (κ2) is 5.96. The van der Waals surface area contributed by atoms with Crippen molar-refractivity contribution in [2.24, 2.45) is 0 Å². The third-order valence-electron chi connectivity index (χ3n) is 2.36. The minimum absolute atomic E-state index is 0.0357. The average molecular weight is 292 g/mol. The summed E-state index contributed by atoms with van der Waals surface area (Å²) in [6.45, 7) is 0.0357. The summed E-state index contributed by atoms with van der Waals surface area (Å²) in [6.07, 6.45) is 0. The van der Waals surface area contributed by atoms with Gasteiger partial charge in [0.05, 0.1) is 11.4 Å². The SMILES string of the molecule is CN(C)C(=O)CNc1ccc(S(=O)(=O)C(F)F)cc1. The number of carbonyl (C=O) groups excluding carboxylic acids is 1. The first-order valence-corrected chi connectivity index (χ1v) is 6.86. The van der Waals surface area contributed by atoms with Gasteiger partial charge in [-0.1, -0.05) is 0 Å². The highest BCUT2D eigenvalue weighted by atomic mass is 32.2. The van der Waals surface area contributed by atoms with Crippen molar-refractivity contribution in [2.45, 2.75) is 10.7 Å². The Bertz CT molecular complexity index is 542. The number of alkyl halides is 2. The summed E-state index contributed by atoms with van der Waals surface area (Å²) in [5, 5.41) is 2.76. The number of nitrogens with zero attached hydrogens (tertiary/aromatic N) is 1. The van der Waals surface area contributed by atoms with E-state index >= 15 is 0 Å². The normalized spacial score (nSPS) is 11.4. The van der Waals surface area contributed by atoms with Crippen LogP contribution in [0.1, 0.15) is 0 Å². The second-order valence-electron chi connectivity index (χ2n) is 3.97. The van der Waals surface area contributed by atoms with Crippen molar-refractivity contribution in [3.05, 3.63) is 24.3 Å². The smallest absolute Gasteiger partial charge is 0.341 e. The zero-order valence-corrected chi connectivity index (χ0v) is 11.2. The summed E-state index contributed by atoms with van der Waals surface area (Å²) < 4.78 is 46.9. The first kappa shape index (κ1) is 15.4. The Balaban J connectivity index is 2.75. The number of anilines is 1. The summed E-state index contributed by atoms with van der Waals surface area (Å²) in [5.74, 6) is -3.61. The number of sulfone groups is 1. The van der Waals surface area contributed by atoms with Gasteiger partial charge in [0, 0.05) is 19.8 Å². The van der Waals surface area contributed by atoms with E-state index in [0.717, 1.165) is 12.1 Å². The van der Waals surface area contributed by atoms with Crippen molar-refractivity contribution in [3.63, 3.8) is 0 Å². The molecule has 1 aromatic rings. The molecular weight excluding hydrogens is 278 g/mol. The van der Waals surface area contributed by atoms with Crippen LogP contribution < -0.4 is 5.32 Å². The molecular formula is C11H14F2N2O3S. The molecule has 0 heterocycles. The Labute approximate surface area is 110 Å². The van der Waals surface area contributed by atoms with Crippen LogP contribution in [0, 0.1) is 0 Å². The van der Waals surface area contributed by atoms with Crippen molar-refractivity contribution < 1.29 is 22.0 Å². The van der Waals surface area contributed by atoms with Gasteiger partial charge in [0.25, 0.3) is 0 Å². The van der Waals surface area contributed by atoms with Crippen LogP contribution in [0.2, 0.25) is 0 Å². The van der Waals surface area contributed by atoms with E-state index < -0.39 is 20.5 Å². The zero-order valence-electron chi connectivity index (χ0n) is 10.4. The third kappa shape index (κ3) is 3.88. The number of halogens is 2. The van der Waals surface area contributed by atoms with Crippen molar-refractivity contribution in [1.82, 2.24) is 4.90 Å². The monoisotopic (exact) mass is 292 g/mol. The highest BCUT2D eigenvalue weighted by Gasteiger charge is 2.26. The molecule has 0 saturated heterocycles. The average Bonchev–Trinajstić information content (AvgIpc) is 2.36. The van der Waals surface area contributed by atoms with Gasteiger partial charge in [-0.2, -0.15) is 8.78 Å².